The predicted molar refractivity (Wildman–Crippen MR) is 160 cm³/mol. The molecule has 9 nitrogen and oxygen atoms in total. The van der Waals surface area contributed by atoms with Gasteiger partial charge in [0.25, 0.3) is 0 Å². The van der Waals surface area contributed by atoms with Crippen molar-refractivity contribution in [2.45, 2.75) is 128 Å². The Hall–Kier alpha value is -1.85. The molecule has 15 atom stereocenters. The number of hydrogen-bond donors (Lipinski definition) is 4. The molecule has 0 radical (unpaired) electrons. The number of carbonyl (C=O) groups is 1. The van der Waals surface area contributed by atoms with Crippen LogP contribution in [0.5, 0.6) is 0 Å². The van der Waals surface area contributed by atoms with Crippen molar-refractivity contribution in [2.75, 3.05) is 6.61 Å². The van der Waals surface area contributed by atoms with Gasteiger partial charge in [-0.05, 0) is 56.2 Å². The van der Waals surface area contributed by atoms with E-state index < -0.39 is 78.8 Å². The summed E-state index contributed by atoms with van der Waals surface area (Å²) in [6.07, 6.45) is 1.60. The van der Waals surface area contributed by atoms with E-state index in [-0.39, 0.29) is 37.2 Å². The first kappa shape index (κ1) is 29.8. The van der Waals surface area contributed by atoms with Gasteiger partial charge >= 0.3 is 5.97 Å². The summed E-state index contributed by atoms with van der Waals surface area (Å²) in [5.74, 6) is -4.44. The zero-order valence-electron chi connectivity index (χ0n) is 28.1. The van der Waals surface area contributed by atoms with Gasteiger partial charge in [0.2, 0.25) is 0 Å². The van der Waals surface area contributed by atoms with E-state index in [0.717, 1.165) is 5.57 Å². The predicted octanol–water partition coefficient (Wildman–Crippen LogP) is 3.50. The highest BCUT2D eigenvalue weighted by molar-refractivity contribution is 5.78. The Kier molecular flexibility index (Phi) is 8.68. The van der Waals surface area contributed by atoms with E-state index >= 15 is 0 Å². The molecule has 3 saturated heterocycles. The fourth-order valence-electron chi connectivity index (χ4n) is 7.15. The van der Waals surface area contributed by atoms with Crippen molar-refractivity contribution in [1.29, 1.82) is 0 Å². The third-order valence-electron chi connectivity index (χ3n) is 10.1. The van der Waals surface area contributed by atoms with Crippen molar-refractivity contribution in [3.8, 4) is 0 Å². The standard InChI is InChI=1S/C34H50O9/c1-18-8-7-9-24-17-40-31-29(37)21(4)14-27(34(24,31)39)32(38)41-26-15-25(11-10-19(2)28(18)36)42-33(16-26)13-12-20(3)30(43-33)22(5)23(6)35/h7-10,14,18,20,22-23,25-31,35-37,39H,11-13,15-17H2,1-6H3/b8-7+,19-10+,24-9+/t18-,20?,22+,23+,25?,26?,27?,28-,29?,30?,31?,33?,34+/m0/s1/i12T,13T/t12?,13?,18-,20?,22+,23+,25?,26?,27?,28-,29?,30?,31?,33?,34+. The molecule has 0 aromatic carbocycles. The summed E-state index contributed by atoms with van der Waals surface area (Å²) in [5.41, 5.74) is -0.240. The molecular formula is C34H50O9. The van der Waals surface area contributed by atoms with Crippen LogP contribution >= 0.6 is 0 Å². The van der Waals surface area contributed by atoms with Gasteiger partial charge in [-0.1, -0.05) is 51.2 Å². The molecular weight excluding hydrogens is 552 g/mol. The Balaban J connectivity index is 1.57. The molecule has 43 heavy (non-hydrogen) atoms. The molecule has 0 aromatic heterocycles. The number of fused-ring (bicyclic) bond motifs is 2. The number of aliphatic hydroxyl groups is 4. The SMILES string of the molecule is [3H]C1C(C)C([C@H](C)[C@@H](C)O)OC2(CC3CC(C/C=C(\C)[C@@H](O)[C@@H](C)/C=C/C=C4\COC5C(O)C(C)=CC(C(=O)O3)[C@]45O)O2)C1[3H]. The second kappa shape index (κ2) is 12.5. The molecule has 4 heterocycles. The van der Waals surface area contributed by atoms with Crippen LogP contribution in [0.1, 0.15) is 76.3 Å². The fourth-order valence-corrected chi connectivity index (χ4v) is 7.15. The summed E-state index contributed by atoms with van der Waals surface area (Å²) < 4.78 is 43.2. The molecule has 1 spiro atoms. The smallest absolute Gasteiger partial charge is 0.316 e. The third-order valence-corrected chi connectivity index (χ3v) is 10.1. The molecule has 10 unspecified atom stereocenters. The highest BCUT2D eigenvalue weighted by atomic mass is 16.7. The van der Waals surface area contributed by atoms with Gasteiger partial charge in [0.05, 0.1) is 31.0 Å². The van der Waals surface area contributed by atoms with Crippen LogP contribution in [0.25, 0.3) is 0 Å². The number of rotatable bonds is 2. The van der Waals surface area contributed by atoms with Crippen LogP contribution in [0, 0.1) is 23.7 Å². The van der Waals surface area contributed by atoms with E-state index in [4.69, 9.17) is 21.7 Å². The minimum atomic E-state index is -1.86. The van der Waals surface area contributed by atoms with Crippen molar-refractivity contribution in [3.05, 3.63) is 47.1 Å². The molecule has 5 aliphatic rings. The second-order valence-electron chi connectivity index (χ2n) is 13.4. The van der Waals surface area contributed by atoms with E-state index in [0.29, 0.717) is 17.6 Å². The number of esters is 1. The summed E-state index contributed by atoms with van der Waals surface area (Å²) in [7, 11) is 0. The van der Waals surface area contributed by atoms with Crippen LogP contribution in [0.15, 0.2) is 47.1 Å². The van der Waals surface area contributed by atoms with Gasteiger partial charge in [-0.15, -0.1) is 0 Å². The first-order valence-electron chi connectivity index (χ1n) is 16.8. The van der Waals surface area contributed by atoms with Crippen molar-refractivity contribution < 1.29 is 46.9 Å². The van der Waals surface area contributed by atoms with Crippen molar-refractivity contribution in [1.82, 2.24) is 0 Å². The van der Waals surface area contributed by atoms with Gasteiger partial charge in [-0.3, -0.25) is 4.79 Å². The van der Waals surface area contributed by atoms with E-state index in [9.17, 15) is 25.2 Å². The van der Waals surface area contributed by atoms with Crippen molar-refractivity contribution in [3.63, 3.8) is 0 Å². The monoisotopic (exact) mass is 606 g/mol. The molecule has 1 aliphatic carbocycles. The summed E-state index contributed by atoms with van der Waals surface area (Å²) in [5, 5.41) is 44.5. The lowest BCUT2D eigenvalue weighted by atomic mass is 9.71. The number of allylic oxidation sites excluding steroid dienone is 2. The normalized spacial score (nSPS) is 52.7. The molecule has 0 aromatic rings. The maximum Gasteiger partial charge on any atom is 0.316 e. The highest BCUT2D eigenvalue weighted by Gasteiger charge is 2.60. The van der Waals surface area contributed by atoms with Crippen LogP contribution in [-0.2, 0) is 23.7 Å². The minimum absolute atomic E-state index is 0.00127. The Bertz CT molecular complexity index is 1250. The van der Waals surface area contributed by atoms with Crippen LogP contribution in [0.2, 0.25) is 0 Å². The molecule has 4 N–H and O–H groups in total. The van der Waals surface area contributed by atoms with Gasteiger partial charge in [0, 0.05) is 33.8 Å². The lowest BCUT2D eigenvalue weighted by Gasteiger charge is -2.51. The molecule has 0 saturated carbocycles. The van der Waals surface area contributed by atoms with Crippen LogP contribution in [0.3, 0.4) is 0 Å². The highest BCUT2D eigenvalue weighted by Crippen LogP contribution is 2.48. The average Bonchev–Trinajstić information content (AvgIpc) is 3.34. The third kappa shape index (κ3) is 6.19. The topological polar surface area (TPSA) is 135 Å². The van der Waals surface area contributed by atoms with Gasteiger partial charge in [0.1, 0.15) is 29.8 Å². The molecule has 5 rings (SSSR count). The van der Waals surface area contributed by atoms with Gasteiger partial charge in [-0.2, -0.15) is 0 Å². The van der Waals surface area contributed by atoms with E-state index in [2.05, 4.69) is 0 Å². The van der Waals surface area contributed by atoms with Gasteiger partial charge in [0.15, 0.2) is 5.79 Å². The zero-order chi connectivity index (χ0) is 33.0. The van der Waals surface area contributed by atoms with Crippen molar-refractivity contribution in [2.24, 2.45) is 23.7 Å². The van der Waals surface area contributed by atoms with E-state index in [1.165, 1.54) is 6.08 Å². The second-order valence-corrected chi connectivity index (χ2v) is 13.4. The Morgan fingerprint density at radius 1 is 1.09 bits per heavy atom. The summed E-state index contributed by atoms with van der Waals surface area (Å²) in [6, 6.07) is 0. The lowest BCUT2D eigenvalue weighted by Crippen LogP contribution is -2.58. The van der Waals surface area contributed by atoms with Crippen LogP contribution < -0.4 is 0 Å². The first-order valence-corrected chi connectivity index (χ1v) is 15.6. The van der Waals surface area contributed by atoms with Crippen molar-refractivity contribution >= 4 is 5.97 Å². The number of ether oxygens (including phenoxy) is 4. The van der Waals surface area contributed by atoms with Gasteiger partial charge < -0.3 is 39.4 Å². The maximum absolute atomic E-state index is 14.0. The lowest BCUT2D eigenvalue weighted by molar-refractivity contribution is -0.342. The number of carbonyl (C=O) groups excluding carboxylic acids is 1. The first-order chi connectivity index (χ1) is 21.1. The summed E-state index contributed by atoms with van der Waals surface area (Å²) >= 11 is 0. The van der Waals surface area contributed by atoms with Crippen LogP contribution in [0.4, 0.5) is 0 Å². The molecule has 2 bridgehead atoms. The zero-order valence-corrected chi connectivity index (χ0v) is 26.1. The van der Waals surface area contributed by atoms with Crippen LogP contribution in [-0.4, -0.2) is 87.1 Å². The molecule has 4 aliphatic heterocycles. The number of hydrogen-bond acceptors (Lipinski definition) is 9. The quantitative estimate of drug-likeness (QED) is 0.275. The molecule has 240 valence electrons. The van der Waals surface area contributed by atoms with Gasteiger partial charge in [-0.25, -0.2) is 0 Å². The minimum Gasteiger partial charge on any atom is -0.462 e. The summed E-state index contributed by atoms with van der Waals surface area (Å²) in [6.45, 7) is 10.8. The Morgan fingerprint density at radius 2 is 1.84 bits per heavy atom. The Labute approximate surface area is 258 Å². The van der Waals surface area contributed by atoms with E-state index in [1.807, 2.05) is 39.8 Å². The largest absolute Gasteiger partial charge is 0.462 e. The molecule has 3 fully saturated rings. The van der Waals surface area contributed by atoms with E-state index in [1.54, 1.807) is 26.0 Å². The fraction of sp³-hybridized carbons (Fsp3) is 0.735. The molecule has 9 heteroatoms. The maximum atomic E-state index is 14.0. The average molecular weight is 607 g/mol. The molecule has 0 amide bonds. The summed E-state index contributed by atoms with van der Waals surface area (Å²) in [4.78, 5) is 14.0. The Morgan fingerprint density at radius 3 is 2.56 bits per heavy atom. The number of aliphatic hydroxyl groups excluding tert-OH is 3.